The van der Waals surface area contributed by atoms with E-state index in [0.717, 1.165) is 5.56 Å². The summed E-state index contributed by atoms with van der Waals surface area (Å²) in [7, 11) is 1.27. The number of nitrogens with zero attached hydrogens (tertiary/aromatic N) is 3. The van der Waals surface area contributed by atoms with Gasteiger partial charge in [-0.25, -0.2) is 4.98 Å². The van der Waals surface area contributed by atoms with Crippen LogP contribution >= 0.6 is 0 Å². The first-order valence-corrected chi connectivity index (χ1v) is 11.4. The SMILES string of the molecule is COC(=O)CNc1c(-c2ccccc2)nc2c(C(=O)NC(CC(=O)O)c3cccc([N+](=O)[O-])c3)cccn12. The van der Waals surface area contributed by atoms with Crippen LogP contribution in [0.5, 0.6) is 0 Å². The Kier molecular flexibility index (Phi) is 7.61. The second kappa shape index (κ2) is 11.2. The Balaban J connectivity index is 1.75. The molecule has 3 N–H and O–H groups in total. The lowest BCUT2D eigenvalue weighted by molar-refractivity contribution is -0.384. The lowest BCUT2D eigenvalue weighted by Gasteiger charge is -2.17. The maximum absolute atomic E-state index is 13.4. The number of anilines is 1. The van der Waals surface area contributed by atoms with Crippen LogP contribution in [0.2, 0.25) is 0 Å². The minimum Gasteiger partial charge on any atom is -0.481 e. The van der Waals surface area contributed by atoms with Crippen molar-refractivity contribution >= 4 is 35.0 Å². The molecule has 0 radical (unpaired) electrons. The number of hydrogen-bond acceptors (Lipinski definition) is 8. The molecule has 1 unspecified atom stereocenters. The van der Waals surface area contributed by atoms with Crippen molar-refractivity contribution < 1.29 is 29.2 Å². The van der Waals surface area contributed by atoms with Crippen LogP contribution in [0.3, 0.4) is 0 Å². The number of carbonyl (C=O) groups is 3. The van der Waals surface area contributed by atoms with Crippen LogP contribution in [0, 0.1) is 10.1 Å². The number of aromatic nitrogens is 2. The molecule has 12 nitrogen and oxygen atoms in total. The number of hydrogen-bond donors (Lipinski definition) is 3. The molecule has 0 saturated heterocycles. The smallest absolute Gasteiger partial charge is 0.325 e. The number of fused-ring (bicyclic) bond motifs is 1. The van der Waals surface area contributed by atoms with Crippen LogP contribution in [0.15, 0.2) is 72.9 Å². The fourth-order valence-corrected chi connectivity index (χ4v) is 3.96. The summed E-state index contributed by atoms with van der Waals surface area (Å²) in [6.45, 7) is -0.145. The van der Waals surface area contributed by atoms with Crippen molar-refractivity contribution in [3.63, 3.8) is 0 Å². The van der Waals surface area contributed by atoms with E-state index in [1.807, 2.05) is 30.3 Å². The molecule has 0 aliphatic rings. The van der Waals surface area contributed by atoms with Crippen LogP contribution in [0.4, 0.5) is 11.5 Å². The molecule has 4 rings (SSSR count). The van der Waals surface area contributed by atoms with Crippen molar-refractivity contribution in [1.82, 2.24) is 14.7 Å². The summed E-state index contributed by atoms with van der Waals surface area (Å²) in [5.74, 6) is -1.87. The Morgan fingerprint density at radius 1 is 1.11 bits per heavy atom. The van der Waals surface area contributed by atoms with Gasteiger partial charge in [-0.05, 0) is 17.7 Å². The van der Waals surface area contributed by atoms with Crippen LogP contribution in [-0.4, -0.2) is 50.9 Å². The predicted molar refractivity (Wildman–Crippen MR) is 137 cm³/mol. The number of amides is 1. The molecular weight excluding hydrogens is 494 g/mol. The van der Waals surface area contributed by atoms with Gasteiger partial charge >= 0.3 is 11.9 Å². The summed E-state index contributed by atoms with van der Waals surface area (Å²) in [5, 5.41) is 26.3. The predicted octanol–water partition coefficient (Wildman–Crippen LogP) is 3.44. The van der Waals surface area contributed by atoms with Crippen LogP contribution in [-0.2, 0) is 14.3 Å². The second-order valence-corrected chi connectivity index (χ2v) is 8.20. The van der Waals surface area contributed by atoms with Gasteiger partial charge in [-0.2, -0.15) is 0 Å². The van der Waals surface area contributed by atoms with E-state index in [9.17, 15) is 29.6 Å². The molecule has 194 valence electrons. The third kappa shape index (κ3) is 5.59. The second-order valence-electron chi connectivity index (χ2n) is 8.20. The third-order valence-electron chi connectivity index (χ3n) is 5.74. The van der Waals surface area contributed by atoms with Gasteiger partial charge in [0.2, 0.25) is 0 Å². The lowest BCUT2D eigenvalue weighted by Crippen LogP contribution is -2.30. The van der Waals surface area contributed by atoms with E-state index < -0.39 is 35.2 Å². The summed E-state index contributed by atoms with van der Waals surface area (Å²) in [6, 6.07) is 16.7. The van der Waals surface area contributed by atoms with Gasteiger partial charge in [0.25, 0.3) is 11.6 Å². The number of nitro benzene ring substituents is 1. The van der Waals surface area contributed by atoms with Crippen LogP contribution in [0.25, 0.3) is 16.9 Å². The Labute approximate surface area is 216 Å². The van der Waals surface area contributed by atoms with Crippen molar-refractivity contribution in [3.05, 3.63) is 94.2 Å². The van der Waals surface area contributed by atoms with Gasteiger partial charge in [0, 0.05) is 23.9 Å². The Morgan fingerprint density at radius 3 is 2.55 bits per heavy atom. The first-order chi connectivity index (χ1) is 18.3. The van der Waals surface area contributed by atoms with Crippen LogP contribution in [0.1, 0.15) is 28.4 Å². The molecular formula is C26H23N5O7. The number of pyridine rings is 1. The minimum atomic E-state index is -1.19. The number of nitrogens with one attached hydrogen (secondary N) is 2. The maximum atomic E-state index is 13.4. The molecule has 4 aromatic rings. The maximum Gasteiger partial charge on any atom is 0.325 e. The summed E-state index contributed by atoms with van der Waals surface area (Å²) in [5.41, 5.74) is 1.65. The van der Waals surface area contributed by atoms with E-state index in [1.165, 1.54) is 37.4 Å². The number of non-ortho nitro benzene ring substituents is 1. The average Bonchev–Trinajstić information content (AvgIpc) is 3.30. The van der Waals surface area contributed by atoms with E-state index in [2.05, 4.69) is 15.6 Å². The number of carbonyl (C=O) groups excluding carboxylic acids is 2. The average molecular weight is 517 g/mol. The molecule has 2 aromatic heterocycles. The number of methoxy groups -OCH3 is 1. The highest BCUT2D eigenvalue weighted by Crippen LogP contribution is 2.30. The molecule has 0 saturated carbocycles. The molecule has 2 heterocycles. The number of nitro groups is 1. The first kappa shape index (κ1) is 25.8. The van der Waals surface area contributed by atoms with Crippen molar-refractivity contribution in [3.8, 4) is 11.3 Å². The molecule has 1 amide bonds. The highest BCUT2D eigenvalue weighted by atomic mass is 16.6. The number of carboxylic acids is 1. The van der Waals surface area contributed by atoms with E-state index in [0.29, 0.717) is 11.5 Å². The van der Waals surface area contributed by atoms with Crippen molar-refractivity contribution in [2.75, 3.05) is 19.0 Å². The molecule has 12 heteroatoms. The highest BCUT2D eigenvalue weighted by Gasteiger charge is 2.24. The molecule has 0 fully saturated rings. The molecule has 0 spiro atoms. The van der Waals surface area contributed by atoms with E-state index in [1.54, 1.807) is 16.7 Å². The van der Waals surface area contributed by atoms with Gasteiger partial charge in [-0.3, -0.25) is 28.9 Å². The Hall–Kier alpha value is -5.26. The van der Waals surface area contributed by atoms with Gasteiger partial charge in [0.1, 0.15) is 18.1 Å². The summed E-state index contributed by atoms with van der Waals surface area (Å²) in [4.78, 5) is 52.1. The standard InChI is InChI=1S/C26H23N5O7/c1-38-22(34)15-27-25-23(16-7-3-2-4-8-16)29-24-19(11-6-12-30(24)25)26(35)28-20(14-21(32)33)17-9-5-10-18(13-17)31(36)37/h2-13,20,27H,14-15H2,1H3,(H,28,35)(H,32,33). The molecule has 0 aliphatic carbocycles. The van der Waals surface area contributed by atoms with Gasteiger partial charge in [-0.15, -0.1) is 0 Å². The highest BCUT2D eigenvalue weighted by molar-refractivity contribution is 6.01. The van der Waals surface area contributed by atoms with Gasteiger partial charge in [0.05, 0.1) is 30.1 Å². The van der Waals surface area contributed by atoms with E-state index >= 15 is 0 Å². The Morgan fingerprint density at radius 2 is 1.87 bits per heavy atom. The largest absolute Gasteiger partial charge is 0.481 e. The normalized spacial score (nSPS) is 11.5. The zero-order valence-electron chi connectivity index (χ0n) is 20.2. The van der Waals surface area contributed by atoms with Crippen molar-refractivity contribution in [2.24, 2.45) is 0 Å². The molecule has 0 bridgehead atoms. The van der Waals surface area contributed by atoms with Gasteiger partial charge in [-0.1, -0.05) is 42.5 Å². The molecule has 1 atom stereocenters. The minimum absolute atomic E-state index is 0.136. The van der Waals surface area contributed by atoms with Gasteiger partial charge in [0.15, 0.2) is 5.65 Å². The van der Waals surface area contributed by atoms with E-state index in [-0.39, 0.29) is 29.0 Å². The number of carboxylic acid groups (broad SMARTS) is 1. The van der Waals surface area contributed by atoms with Crippen LogP contribution < -0.4 is 10.6 Å². The quantitative estimate of drug-likeness (QED) is 0.162. The number of rotatable bonds is 10. The fourth-order valence-electron chi connectivity index (χ4n) is 3.96. The first-order valence-electron chi connectivity index (χ1n) is 11.4. The number of aliphatic carboxylic acids is 1. The molecule has 0 aliphatic heterocycles. The summed E-state index contributed by atoms with van der Waals surface area (Å²) < 4.78 is 6.33. The topological polar surface area (TPSA) is 165 Å². The number of esters is 1. The third-order valence-corrected chi connectivity index (χ3v) is 5.74. The Bertz CT molecular complexity index is 1520. The van der Waals surface area contributed by atoms with Crippen molar-refractivity contribution in [2.45, 2.75) is 12.5 Å². The summed E-state index contributed by atoms with van der Waals surface area (Å²) in [6.07, 6.45) is 1.17. The van der Waals surface area contributed by atoms with E-state index in [4.69, 9.17) is 4.74 Å². The zero-order valence-corrected chi connectivity index (χ0v) is 20.2. The molecule has 38 heavy (non-hydrogen) atoms. The van der Waals surface area contributed by atoms with Gasteiger partial charge < -0.3 is 20.5 Å². The lowest BCUT2D eigenvalue weighted by atomic mass is 10.0. The summed E-state index contributed by atoms with van der Waals surface area (Å²) >= 11 is 0. The number of imidazole rings is 1. The number of ether oxygens (including phenoxy) is 1. The fraction of sp³-hybridized carbons (Fsp3) is 0.154. The molecule has 2 aromatic carbocycles. The van der Waals surface area contributed by atoms with Crippen molar-refractivity contribution in [1.29, 1.82) is 0 Å². The number of benzene rings is 2. The zero-order chi connectivity index (χ0) is 27.2. The monoisotopic (exact) mass is 517 g/mol.